The summed E-state index contributed by atoms with van der Waals surface area (Å²) in [6.45, 7) is 1.92. The maximum atomic E-state index is 11.8. The number of halogens is 1. The first-order valence-corrected chi connectivity index (χ1v) is 8.24. The zero-order chi connectivity index (χ0) is 12.1. The van der Waals surface area contributed by atoms with Gasteiger partial charge in [0.05, 0.1) is 0 Å². The van der Waals surface area contributed by atoms with Crippen molar-refractivity contribution in [3.05, 3.63) is 20.8 Å². The van der Waals surface area contributed by atoms with E-state index in [1.54, 1.807) is 6.26 Å². The van der Waals surface area contributed by atoms with E-state index < -0.39 is 10.8 Å². The largest absolute Gasteiger partial charge is 0.349 e. The predicted molar refractivity (Wildman–Crippen MR) is 72.5 cm³/mol. The Kier molecular flexibility index (Phi) is 5.64. The number of nitrogens with one attached hydrogen (secondary N) is 1. The van der Waals surface area contributed by atoms with E-state index in [0.29, 0.717) is 10.6 Å². The molecule has 2 atom stereocenters. The Morgan fingerprint density at radius 2 is 2.38 bits per heavy atom. The third kappa shape index (κ3) is 4.35. The van der Waals surface area contributed by atoms with Gasteiger partial charge in [0.2, 0.25) is 0 Å². The van der Waals surface area contributed by atoms with Gasteiger partial charge in [-0.1, -0.05) is 0 Å². The van der Waals surface area contributed by atoms with Gasteiger partial charge in [0.1, 0.15) is 4.88 Å². The summed E-state index contributed by atoms with van der Waals surface area (Å²) < 4.78 is 11.7. The summed E-state index contributed by atoms with van der Waals surface area (Å²) >= 11 is 4.73. The van der Waals surface area contributed by atoms with Crippen LogP contribution < -0.4 is 5.32 Å². The van der Waals surface area contributed by atoms with E-state index in [1.165, 1.54) is 11.3 Å². The molecule has 0 fully saturated rings. The van der Waals surface area contributed by atoms with Gasteiger partial charge in [0, 0.05) is 33.3 Å². The Balaban J connectivity index is 2.46. The monoisotopic (exact) mass is 323 g/mol. The number of amides is 1. The zero-order valence-electron chi connectivity index (χ0n) is 9.16. The predicted octanol–water partition coefficient (Wildman–Crippen LogP) is 2.40. The smallest absolute Gasteiger partial charge is 0.262 e. The van der Waals surface area contributed by atoms with Crippen LogP contribution in [-0.4, -0.2) is 28.2 Å². The first kappa shape index (κ1) is 13.9. The molecule has 0 radical (unpaired) electrons. The molecule has 0 bridgehead atoms. The molecule has 2 unspecified atom stereocenters. The fourth-order valence-corrected chi connectivity index (χ4v) is 3.30. The van der Waals surface area contributed by atoms with Crippen LogP contribution in [0, 0.1) is 0 Å². The highest BCUT2D eigenvalue weighted by atomic mass is 79.9. The molecule has 6 heteroatoms. The normalized spacial score (nSPS) is 14.4. The topological polar surface area (TPSA) is 46.2 Å². The van der Waals surface area contributed by atoms with Crippen LogP contribution in [0.4, 0.5) is 0 Å². The molecule has 16 heavy (non-hydrogen) atoms. The second kappa shape index (κ2) is 6.51. The lowest BCUT2D eigenvalue weighted by Gasteiger charge is -2.12. The zero-order valence-corrected chi connectivity index (χ0v) is 12.4. The third-order valence-corrected chi connectivity index (χ3v) is 4.69. The van der Waals surface area contributed by atoms with Crippen LogP contribution in [-0.2, 0) is 10.8 Å². The molecule has 3 nitrogen and oxygen atoms in total. The fourth-order valence-electron chi connectivity index (χ4n) is 1.16. The molecular weight excluding hydrogens is 310 g/mol. The summed E-state index contributed by atoms with van der Waals surface area (Å²) in [6, 6.07) is 1.90. The van der Waals surface area contributed by atoms with Crippen LogP contribution >= 0.6 is 27.3 Å². The average Bonchev–Trinajstić information content (AvgIpc) is 2.61. The average molecular weight is 324 g/mol. The van der Waals surface area contributed by atoms with E-state index in [1.807, 2.05) is 18.4 Å². The molecule has 1 aromatic rings. The maximum Gasteiger partial charge on any atom is 0.262 e. The van der Waals surface area contributed by atoms with Gasteiger partial charge in [0.15, 0.2) is 0 Å². The molecule has 0 spiro atoms. The van der Waals surface area contributed by atoms with Crippen LogP contribution in [0.5, 0.6) is 0 Å². The Morgan fingerprint density at radius 3 is 2.88 bits per heavy atom. The minimum Gasteiger partial charge on any atom is -0.349 e. The van der Waals surface area contributed by atoms with Crippen molar-refractivity contribution in [1.29, 1.82) is 0 Å². The van der Waals surface area contributed by atoms with Crippen molar-refractivity contribution >= 4 is 44.0 Å². The Hall–Kier alpha value is -0.200. The van der Waals surface area contributed by atoms with E-state index in [4.69, 9.17) is 0 Å². The quantitative estimate of drug-likeness (QED) is 0.904. The number of carbonyl (C=O) groups excluding carboxylic acids is 1. The van der Waals surface area contributed by atoms with E-state index in [-0.39, 0.29) is 11.9 Å². The summed E-state index contributed by atoms with van der Waals surface area (Å²) in [6.07, 6.45) is 2.41. The number of carbonyl (C=O) groups is 1. The summed E-state index contributed by atoms with van der Waals surface area (Å²) in [5.74, 6) is 0.545. The van der Waals surface area contributed by atoms with Crippen LogP contribution in [0.2, 0.25) is 0 Å². The van der Waals surface area contributed by atoms with Crippen molar-refractivity contribution < 1.29 is 9.00 Å². The molecule has 1 N–H and O–H groups in total. The molecule has 1 aromatic heterocycles. The molecule has 1 heterocycles. The minimum atomic E-state index is -0.800. The molecule has 1 rings (SSSR count). The van der Waals surface area contributed by atoms with Crippen molar-refractivity contribution in [1.82, 2.24) is 5.32 Å². The number of hydrogen-bond acceptors (Lipinski definition) is 3. The van der Waals surface area contributed by atoms with Gasteiger partial charge in [-0.25, -0.2) is 0 Å². The van der Waals surface area contributed by atoms with E-state index in [0.717, 1.165) is 10.9 Å². The van der Waals surface area contributed by atoms with Gasteiger partial charge < -0.3 is 5.32 Å². The molecule has 1 amide bonds. The van der Waals surface area contributed by atoms with Gasteiger partial charge in [-0.15, -0.1) is 11.3 Å². The van der Waals surface area contributed by atoms with Crippen LogP contribution in [0.1, 0.15) is 23.0 Å². The second-order valence-corrected chi connectivity index (χ2v) is 6.86. The highest BCUT2D eigenvalue weighted by Crippen LogP contribution is 2.22. The number of thiophene rings is 1. The van der Waals surface area contributed by atoms with Gasteiger partial charge in [-0.2, -0.15) is 0 Å². The number of hydrogen-bond donors (Lipinski definition) is 1. The lowest BCUT2D eigenvalue weighted by atomic mass is 10.2. The van der Waals surface area contributed by atoms with Crippen molar-refractivity contribution in [2.45, 2.75) is 19.4 Å². The van der Waals surface area contributed by atoms with E-state index in [2.05, 4.69) is 21.2 Å². The van der Waals surface area contributed by atoms with Crippen LogP contribution in [0.3, 0.4) is 0 Å². The summed E-state index contributed by atoms with van der Waals surface area (Å²) in [5.41, 5.74) is 0. The highest BCUT2D eigenvalue weighted by molar-refractivity contribution is 9.10. The SMILES string of the molecule is CC(CCS(C)=O)NC(=O)c1sccc1Br. The maximum absolute atomic E-state index is 11.8. The minimum absolute atomic E-state index is 0.0467. The summed E-state index contributed by atoms with van der Waals surface area (Å²) in [5, 5.41) is 4.75. The first-order chi connectivity index (χ1) is 7.50. The highest BCUT2D eigenvalue weighted by Gasteiger charge is 2.13. The lowest BCUT2D eigenvalue weighted by Crippen LogP contribution is -2.33. The lowest BCUT2D eigenvalue weighted by molar-refractivity contribution is 0.0943. The molecule has 0 saturated heterocycles. The molecule has 0 saturated carbocycles. The number of rotatable bonds is 5. The van der Waals surface area contributed by atoms with Gasteiger partial charge in [-0.3, -0.25) is 9.00 Å². The second-order valence-electron chi connectivity index (χ2n) is 3.54. The van der Waals surface area contributed by atoms with Crippen molar-refractivity contribution in [2.24, 2.45) is 0 Å². The standard InChI is InChI=1S/C10H14BrNO2S2/c1-7(4-6-16(2)14)12-10(13)9-8(11)3-5-15-9/h3,5,7H,4,6H2,1-2H3,(H,12,13). The van der Waals surface area contributed by atoms with Gasteiger partial charge in [-0.05, 0) is 40.7 Å². The molecular formula is C10H14BrNO2S2. The van der Waals surface area contributed by atoms with Crippen molar-refractivity contribution in [3.8, 4) is 0 Å². The molecule has 90 valence electrons. The molecule has 0 aliphatic heterocycles. The van der Waals surface area contributed by atoms with Crippen LogP contribution in [0.15, 0.2) is 15.9 Å². The molecule has 0 aromatic carbocycles. The molecule has 0 aliphatic rings. The van der Waals surface area contributed by atoms with Gasteiger partial charge in [0.25, 0.3) is 5.91 Å². The summed E-state index contributed by atoms with van der Waals surface area (Å²) in [7, 11) is -0.800. The summed E-state index contributed by atoms with van der Waals surface area (Å²) in [4.78, 5) is 12.5. The Morgan fingerprint density at radius 1 is 1.69 bits per heavy atom. The van der Waals surface area contributed by atoms with E-state index >= 15 is 0 Å². The van der Waals surface area contributed by atoms with Crippen LogP contribution in [0.25, 0.3) is 0 Å². The Labute approximate surface area is 110 Å². The van der Waals surface area contributed by atoms with E-state index in [9.17, 15) is 9.00 Å². The van der Waals surface area contributed by atoms with Gasteiger partial charge >= 0.3 is 0 Å². The first-order valence-electron chi connectivity index (χ1n) is 4.84. The molecule has 0 aliphatic carbocycles. The fraction of sp³-hybridized carbons (Fsp3) is 0.500. The van der Waals surface area contributed by atoms with Crippen molar-refractivity contribution in [2.75, 3.05) is 12.0 Å². The third-order valence-electron chi connectivity index (χ3n) is 2.04. The Bertz CT molecular complexity index is 392. The van der Waals surface area contributed by atoms with Crippen molar-refractivity contribution in [3.63, 3.8) is 0 Å².